The molecular weight excluding hydrogens is 780 g/mol. The SMILES string of the molecule is CCCCCCCCCC/C=C\CCCCCCCCCCCC(=O)OC(COC(=O)CCCCCCCCCCCCCCCCCC)COP(=O)(O)OCC(O)CO. The van der Waals surface area contributed by atoms with Crippen LogP contribution in [0, 0.1) is 0 Å². The lowest BCUT2D eigenvalue weighted by Gasteiger charge is -2.20. The molecule has 3 N–H and O–H groups in total. The zero-order valence-corrected chi connectivity index (χ0v) is 39.8. The smallest absolute Gasteiger partial charge is 0.462 e. The summed E-state index contributed by atoms with van der Waals surface area (Å²) in [5.74, 6) is -0.911. The van der Waals surface area contributed by atoms with Crippen molar-refractivity contribution in [2.45, 2.75) is 264 Å². The minimum Gasteiger partial charge on any atom is -0.462 e. The molecule has 0 aliphatic carbocycles. The summed E-state index contributed by atoms with van der Waals surface area (Å²) in [6.45, 7) is 2.43. The van der Waals surface area contributed by atoms with Crippen molar-refractivity contribution >= 4 is 19.8 Å². The molecule has 0 saturated carbocycles. The van der Waals surface area contributed by atoms with Gasteiger partial charge < -0.3 is 24.6 Å². The molecule has 0 amide bonds. The van der Waals surface area contributed by atoms with E-state index in [1.165, 1.54) is 173 Å². The number of allylic oxidation sites excluding steroid dienone is 2. The van der Waals surface area contributed by atoms with Crippen molar-refractivity contribution in [1.82, 2.24) is 0 Å². The highest BCUT2D eigenvalue weighted by Crippen LogP contribution is 2.43. The average molecular weight is 875 g/mol. The van der Waals surface area contributed by atoms with Crippen molar-refractivity contribution < 1.29 is 47.8 Å². The molecule has 0 aliphatic rings. The van der Waals surface area contributed by atoms with Gasteiger partial charge in [-0.1, -0.05) is 212 Å². The Bertz CT molecular complexity index is 1010. The van der Waals surface area contributed by atoms with E-state index in [0.29, 0.717) is 12.8 Å². The summed E-state index contributed by atoms with van der Waals surface area (Å²) in [5, 5.41) is 18.4. The van der Waals surface area contributed by atoms with Gasteiger partial charge in [0.2, 0.25) is 0 Å². The van der Waals surface area contributed by atoms with Crippen LogP contribution in [-0.2, 0) is 32.7 Å². The van der Waals surface area contributed by atoms with Gasteiger partial charge in [0.25, 0.3) is 0 Å². The molecule has 60 heavy (non-hydrogen) atoms. The van der Waals surface area contributed by atoms with Crippen LogP contribution in [0.3, 0.4) is 0 Å². The summed E-state index contributed by atoms with van der Waals surface area (Å²) in [5.41, 5.74) is 0. The Morgan fingerprint density at radius 3 is 1.20 bits per heavy atom. The number of aliphatic hydroxyl groups is 2. The number of rotatable bonds is 48. The van der Waals surface area contributed by atoms with Crippen LogP contribution >= 0.6 is 7.82 Å². The lowest BCUT2D eigenvalue weighted by molar-refractivity contribution is -0.161. The van der Waals surface area contributed by atoms with Crippen LogP contribution in [0.2, 0.25) is 0 Å². The molecule has 10 nitrogen and oxygen atoms in total. The van der Waals surface area contributed by atoms with Crippen LogP contribution in [0.5, 0.6) is 0 Å². The molecule has 0 aromatic rings. The molecule has 0 rings (SSSR count). The van der Waals surface area contributed by atoms with Gasteiger partial charge >= 0.3 is 19.8 Å². The molecule has 0 aromatic heterocycles. The number of phosphoric acid groups is 1. The number of unbranched alkanes of at least 4 members (excludes halogenated alkanes) is 32. The predicted molar refractivity (Wildman–Crippen MR) is 247 cm³/mol. The van der Waals surface area contributed by atoms with Crippen LogP contribution in [0.15, 0.2) is 12.2 Å². The fourth-order valence-electron chi connectivity index (χ4n) is 7.28. The Kier molecular flexibility index (Phi) is 44.7. The van der Waals surface area contributed by atoms with E-state index in [4.69, 9.17) is 23.6 Å². The number of esters is 2. The van der Waals surface area contributed by atoms with Gasteiger partial charge in [0.15, 0.2) is 6.10 Å². The first-order chi connectivity index (χ1) is 29.2. The highest BCUT2D eigenvalue weighted by Gasteiger charge is 2.27. The second-order valence-corrected chi connectivity index (χ2v) is 18.7. The molecule has 0 fully saturated rings. The summed E-state index contributed by atoms with van der Waals surface area (Å²) in [6.07, 6.45) is 46.0. The van der Waals surface area contributed by atoms with Crippen LogP contribution < -0.4 is 0 Å². The maximum Gasteiger partial charge on any atom is 0.472 e. The highest BCUT2D eigenvalue weighted by atomic mass is 31.2. The quantitative estimate of drug-likeness (QED) is 0.0233. The van der Waals surface area contributed by atoms with E-state index in [1.54, 1.807) is 0 Å². The first-order valence-corrected chi connectivity index (χ1v) is 26.6. The minimum absolute atomic E-state index is 0.187. The van der Waals surface area contributed by atoms with Gasteiger partial charge in [-0.05, 0) is 38.5 Å². The van der Waals surface area contributed by atoms with E-state index < -0.39 is 51.8 Å². The van der Waals surface area contributed by atoms with Crippen molar-refractivity contribution in [3.05, 3.63) is 12.2 Å². The van der Waals surface area contributed by atoms with E-state index in [9.17, 15) is 24.2 Å². The molecule has 3 atom stereocenters. The Balaban J connectivity index is 4.16. The molecule has 0 aromatic carbocycles. The lowest BCUT2D eigenvalue weighted by atomic mass is 10.0. The number of carbonyl (C=O) groups excluding carboxylic acids is 2. The van der Waals surface area contributed by atoms with E-state index in [1.807, 2.05) is 0 Å². The normalized spacial score (nSPS) is 13.8. The van der Waals surface area contributed by atoms with Gasteiger partial charge in [0.05, 0.1) is 19.8 Å². The van der Waals surface area contributed by atoms with E-state index in [0.717, 1.165) is 38.5 Å². The van der Waals surface area contributed by atoms with Crippen molar-refractivity contribution in [3.8, 4) is 0 Å². The molecule has 3 unspecified atom stereocenters. The van der Waals surface area contributed by atoms with E-state index in [-0.39, 0.29) is 19.4 Å². The fourth-order valence-corrected chi connectivity index (χ4v) is 8.07. The van der Waals surface area contributed by atoms with Crippen molar-refractivity contribution in [2.75, 3.05) is 26.4 Å². The molecule has 0 radical (unpaired) electrons. The van der Waals surface area contributed by atoms with Gasteiger partial charge in [-0.3, -0.25) is 18.6 Å². The summed E-state index contributed by atoms with van der Waals surface area (Å²) >= 11 is 0. The van der Waals surface area contributed by atoms with Crippen LogP contribution in [-0.4, -0.2) is 65.7 Å². The maximum atomic E-state index is 12.7. The third-order valence-corrected chi connectivity index (χ3v) is 12.1. The van der Waals surface area contributed by atoms with Crippen LogP contribution in [0.1, 0.15) is 251 Å². The van der Waals surface area contributed by atoms with Gasteiger partial charge in [-0.25, -0.2) is 4.57 Å². The van der Waals surface area contributed by atoms with Gasteiger partial charge in [0.1, 0.15) is 12.7 Å². The predicted octanol–water partition coefficient (Wildman–Crippen LogP) is 14.0. The Hall–Kier alpha value is -1.29. The second-order valence-electron chi connectivity index (χ2n) is 17.2. The number of aliphatic hydroxyl groups excluding tert-OH is 2. The first-order valence-electron chi connectivity index (χ1n) is 25.1. The monoisotopic (exact) mass is 875 g/mol. The summed E-state index contributed by atoms with van der Waals surface area (Å²) in [7, 11) is -4.62. The number of ether oxygens (including phenoxy) is 2. The largest absolute Gasteiger partial charge is 0.472 e. The molecule has 0 bridgehead atoms. The highest BCUT2D eigenvalue weighted by molar-refractivity contribution is 7.47. The van der Waals surface area contributed by atoms with Gasteiger partial charge in [-0.15, -0.1) is 0 Å². The number of carbonyl (C=O) groups is 2. The molecule has 0 heterocycles. The molecule has 356 valence electrons. The standard InChI is InChI=1S/C49H95O10P/c1-3-5-7-9-11-13-15-17-19-21-22-23-24-25-27-29-31-33-35-37-39-41-49(53)59-47(45-58-60(54,55)57-43-46(51)42-50)44-56-48(52)40-38-36-34-32-30-28-26-20-18-16-14-12-10-8-6-4-2/h21-22,46-47,50-51H,3-20,23-45H2,1-2H3,(H,54,55)/b22-21-. The van der Waals surface area contributed by atoms with Crippen molar-refractivity contribution in [2.24, 2.45) is 0 Å². The zero-order valence-electron chi connectivity index (χ0n) is 38.9. The molecule has 0 saturated heterocycles. The van der Waals surface area contributed by atoms with E-state index in [2.05, 4.69) is 26.0 Å². The first kappa shape index (κ1) is 58.7. The summed E-state index contributed by atoms with van der Waals surface area (Å²) < 4.78 is 32.9. The zero-order chi connectivity index (χ0) is 44.0. The van der Waals surface area contributed by atoms with Crippen molar-refractivity contribution in [1.29, 1.82) is 0 Å². The second kappa shape index (κ2) is 45.7. The molecule has 0 aliphatic heterocycles. The number of hydrogen-bond acceptors (Lipinski definition) is 9. The Labute approximate surface area is 368 Å². The summed E-state index contributed by atoms with van der Waals surface area (Å²) in [4.78, 5) is 35.1. The number of hydrogen-bond donors (Lipinski definition) is 3. The molecule has 0 spiro atoms. The average Bonchev–Trinajstić information content (AvgIpc) is 3.24. The van der Waals surface area contributed by atoms with Crippen LogP contribution in [0.4, 0.5) is 0 Å². The lowest BCUT2D eigenvalue weighted by Crippen LogP contribution is -2.29. The van der Waals surface area contributed by atoms with Gasteiger partial charge in [-0.2, -0.15) is 0 Å². The topological polar surface area (TPSA) is 149 Å². The summed E-state index contributed by atoms with van der Waals surface area (Å²) in [6, 6.07) is 0. The van der Waals surface area contributed by atoms with E-state index >= 15 is 0 Å². The van der Waals surface area contributed by atoms with Gasteiger partial charge in [0, 0.05) is 12.8 Å². The Morgan fingerprint density at radius 2 is 0.817 bits per heavy atom. The third-order valence-electron chi connectivity index (χ3n) is 11.2. The maximum absolute atomic E-state index is 12.7. The van der Waals surface area contributed by atoms with Crippen molar-refractivity contribution in [3.63, 3.8) is 0 Å². The third kappa shape index (κ3) is 44.8. The molecule has 11 heteroatoms. The fraction of sp³-hybridized carbons (Fsp3) is 0.918. The molecular formula is C49H95O10P. The number of phosphoric ester groups is 1. The minimum atomic E-state index is -4.62. The Morgan fingerprint density at radius 1 is 0.483 bits per heavy atom. The van der Waals surface area contributed by atoms with Crippen LogP contribution in [0.25, 0.3) is 0 Å².